The van der Waals surface area contributed by atoms with E-state index < -0.39 is 0 Å². The molecule has 0 saturated carbocycles. The minimum atomic E-state index is -0.246. The molecule has 0 fully saturated rings. The maximum absolute atomic E-state index is 12.1. The van der Waals surface area contributed by atoms with Crippen LogP contribution in [-0.4, -0.2) is 23.4 Å². The molecule has 0 aliphatic heterocycles. The first kappa shape index (κ1) is 15.3. The van der Waals surface area contributed by atoms with Crippen LogP contribution in [0.4, 0.5) is 5.69 Å². The Balaban J connectivity index is 2.18. The highest BCUT2D eigenvalue weighted by atomic mass is 16.1. The number of anilines is 1. The summed E-state index contributed by atoms with van der Waals surface area (Å²) >= 11 is 0. The van der Waals surface area contributed by atoms with Crippen molar-refractivity contribution in [3.05, 3.63) is 58.0 Å². The van der Waals surface area contributed by atoms with Crippen LogP contribution in [0.3, 0.4) is 0 Å². The summed E-state index contributed by atoms with van der Waals surface area (Å²) in [6.45, 7) is 5.25. The molecule has 0 aliphatic rings. The summed E-state index contributed by atoms with van der Waals surface area (Å²) in [6, 6.07) is 9.36. The molecule has 21 heavy (non-hydrogen) atoms. The zero-order valence-corrected chi connectivity index (χ0v) is 12.8. The number of benzene rings is 1. The van der Waals surface area contributed by atoms with Crippen molar-refractivity contribution in [3.8, 4) is 0 Å². The molecule has 0 aliphatic carbocycles. The molecular weight excluding hydrogens is 264 g/mol. The molecule has 0 amide bonds. The van der Waals surface area contributed by atoms with Crippen LogP contribution >= 0.6 is 0 Å². The van der Waals surface area contributed by atoms with Crippen molar-refractivity contribution >= 4 is 5.69 Å². The standard InChI is InChI=1S/C16H22N4O/c1-4-19(3)14-9-16(21)20(18-10-14)11-15(17)13-7-5-6-12(2)8-13/h5-10,15H,4,11,17H2,1-3H3. The van der Waals surface area contributed by atoms with Crippen LogP contribution in [0.25, 0.3) is 0 Å². The fourth-order valence-electron chi connectivity index (χ4n) is 2.14. The van der Waals surface area contributed by atoms with E-state index in [9.17, 15) is 4.79 Å². The molecule has 2 aromatic rings. The number of nitrogens with zero attached hydrogens (tertiary/aromatic N) is 3. The van der Waals surface area contributed by atoms with Gasteiger partial charge in [-0.05, 0) is 19.4 Å². The van der Waals surface area contributed by atoms with Crippen molar-refractivity contribution in [2.75, 3.05) is 18.5 Å². The highest BCUT2D eigenvalue weighted by Gasteiger charge is 2.10. The van der Waals surface area contributed by atoms with Crippen molar-refractivity contribution in [3.63, 3.8) is 0 Å². The first-order chi connectivity index (χ1) is 10.0. The molecule has 5 heteroatoms. The third-order valence-electron chi connectivity index (χ3n) is 3.61. The van der Waals surface area contributed by atoms with E-state index in [0.29, 0.717) is 6.54 Å². The zero-order valence-electron chi connectivity index (χ0n) is 12.8. The van der Waals surface area contributed by atoms with Crippen LogP contribution < -0.4 is 16.2 Å². The predicted molar refractivity (Wildman–Crippen MR) is 85.5 cm³/mol. The average molecular weight is 286 g/mol. The van der Waals surface area contributed by atoms with Gasteiger partial charge in [-0.1, -0.05) is 29.8 Å². The molecule has 112 valence electrons. The maximum Gasteiger partial charge on any atom is 0.268 e. The SMILES string of the molecule is CCN(C)c1cnn(CC(N)c2cccc(C)c2)c(=O)c1. The van der Waals surface area contributed by atoms with Gasteiger partial charge in [-0.15, -0.1) is 0 Å². The first-order valence-corrected chi connectivity index (χ1v) is 7.11. The number of rotatable bonds is 5. The number of nitrogens with two attached hydrogens (primary N) is 1. The molecule has 5 nitrogen and oxygen atoms in total. The first-order valence-electron chi connectivity index (χ1n) is 7.11. The van der Waals surface area contributed by atoms with Gasteiger partial charge in [0.1, 0.15) is 0 Å². The molecule has 0 bridgehead atoms. The minimum absolute atomic E-state index is 0.129. The second kappa shape index (κ2) is 6.54. The second-order valence-electron chi connectivity index (χ2n) is 5.27. The zero-order chi connectivity index (χ0) is 15.4. The fraction of sp³-hybridized carbons (Fsp3) is 0.375. The number of aromatic nitrogens is 2. The van der Waals surface area contributed by atoms with Crippen LogP contribution in [0.2, 0.25) is 0 Å². The summed E-state index contributed by atoms with van der Waals surface area (Å²) in [5, 5.41) is 4.22. The molecule has 1 aromatic heterocycles. The quantitative estimate of drug-likeness (QED) is 0.909. The summed E-state index contributed by atoms with van der Waals surface area (Å²) < 4.78 is 1.42. The third kappa shape index (κ3) is 3.70. The highest BCUT2D eigenvalue weighted by Crippen LogP contribution is 2.13. The van der Waals surface area contributed by atoms with Gasteiger partial charge in [0, 0.05) is 25.7 Å². The summed E-state index contributed by atoms with van der Waals surface area (Å²) in [6.07, 6.45) is 1.70. The lowest BCUT2D eigenvalue weighted by Crippen LogP contribution is -2.29. The Labute approximate surface area is 125 Å². The van der Waals surface area contributed by atoms with E-state index in [1.807, 2.05) is 50.1 Å². The summed E-state index contributed by atoms with van der Waals surface area (Å²) in [5.74, 6) is 0. The smallest absolute Gasteiger partial charge is 0.268 e. The van der Waals surface area contributed by atoms with E-state index in [-0.39, 0.29) is 11.6 Å². The summed E-state index contributed by atoms with van der Waals surface area (Å²) in [5.41, 5.74) is 9.04. The lowest BCUT2D eigenvalue weighted by molar-refractivity contribution is 0.503. The van der Waals surface area contributed by atoms with Crippen molar-refractivity contribution in [1.29, 1.82) is 0 Å². The minimum Gasteiger partial charge on any atom is -0.373 e. The number of hydrogen-bond acceptors (Lipinski definition) is 4. The Morgan fingerprint density at radius 3 is 2.76 bits per heavy atom. The van der Waals surface area contributed by atoms with Crippen molar-refractivity contribution in [1.82, 2.24) is 9.78 Å². The van der Waals surface area contributed by atoms with Gasteiger partial charge in [-0.25, -0.2) is 4.68 Å². The molecule has 1 aromatic carbocycles. The maximum atomic E-state index is 12.1. The van der Waals surface area contributed by atoms with Crippen molar-refractivity contribution < 1.29 is 0 Å². The van der Waals surface area contributed by atoms with Crippen molar-refractivity contribution in [2.24, 2.45) is 5.73 Å². The van der Waals surface area contributed by atoms with Gasteiger partial charge in [0.2, 0.25) is 0 Å². The molecular formula is C16H22N4O. The molecule has 1 heterocycles. The fourth-order valence-corrected chi connectivity index (χ4v) is 2.14. The highest BCUT2D eigenvalue weighted by molar-refractivity contribution is 5.41. The normalized spacial score (nSPS) is 12.2. The second-order valence-corrected chi connectivity index (χ2v) is 5.27. The summed E-state index contributed by atoms with van der Waals surface area (Å²) in [4.78, 5) is 14.1. The Kier molecular flexibility index (Phi) is 4.75. The Bertz CT molecular complexity index is 665. The molecule has 0 radical (unpaired) electrons. The largest absolute Gasteiger partial charge is 0.373 e. The van der Waals surface area contributed by atoms with E-state index in [0.717, 1.165) is 23.4 Å². The Morgan fingerprint density at radius 2 is 2.14 bits per heavy atom. The monoisotopic (exact) mass is 286 g/mol. The molecule has 0 spiro atoms. The summed E-state index contributed by atoms with van der Waals surface area (Å²) in [7, 11) is 1.93. The van der Waals surface area contributed by atoms with Crippen LogP contribution in [0.15, 0.2) is 41.3 Å². The van der Waals surface area contributed by atoms with Crippen LogP contribution in [-0.2, 0) is 6.54 Å². The van der Waals surface area contributed by atoms with Crippen LogP contribution in [0, 0.1) is 6.92 Å². The molecule has 2 rings (SSSR count). The lowest BCUT2D eigenvalue weighted by Gasteiger charge is -2.17. The Morgan fingerprint density at radius 1 is 1.38 bits per heavy atom. The topological polar surface area (TPSA) is 64.2 Å². The Hall–Kier alpha value is -2.14. The van der Waals surface area contributed by atoms with Gasteiger partial charge in [0.15, 0.2) is 0 Å². The number of aryl methyl sites for hydroxylation is 1. The van der Waals surface area contributed by atoms with Gasteiger partial charge >= 0.3 is 0 Å². The van der Waals surface area contributed by atoms with Gasteiger partial charge < -0.3 is 10.6 Å². The average Bonchev–Trinajstić information content (AvgIpc) is 2.48. The molecule has 1 unspecified atom stereocenters. The van der Waals surface area contributed by atoms with Gasteiger partial charge in [-0.3, -0.25) is 4.79 Å². The number of hydrogen-bond donors (Lipinski definition) is 1. The van der Waals surface area contributed by atoms with E-state index in [1.165, 1.54) is 4.68 Å². The van der Waals surface area contributed by atoms with E-state index >= 15 is 0 Å². The third-order valence-corrected chi connectivity index (χ3v) is 3.61. The molecule has 1 atom stereocenters. The predicted octanol–water partition coefficient (Wildman–Crippen LogP) is 1.71. The lowest BCUT2D eigenvalue weighted by atomic mass is 10.1. The van der Waals surface area contributed by atoms with Crippen LogP contribution in [0.1, 0.15) is 24.1 Å². The van der Waals surface area contributed by atoms with Crippen LogP contribution in [0.5, 0.6) is 0 Å². The van der Waals surface area contributed by atoms with Gasteiger partial charge in [0.05, 0.1) is 18.4 Å². The van der Waals surface area contributed by atoms with Crippen molar-refractivity contribution in [2.45, 2.75) is 26.4 Å². The molecule has 0 saturated heterocycles. The van der Waals surface area contributed by atoms with E-state index in [4.69, 9.17) is 5.73 Å². The van der Waals surface area contributed by atoms with Gasteiger partial charge in [0.25, 0.3) is 5.56 Å². The van der Waals surface area contributed by atoms with E-state index in [1.54, 1.807) is 12.3 Å². The van der Waals surface area contributed by atoms with Gasteiger partial charge in [-0.2, -0.15) is 5.10 Å². The van der Waals surface area contributed by atoms with E-state index in [2.05, 4.69) is 5.10 Å². The molecule has 2 N–H and O–H groups in total.